The molecular weight excluding hydrogens is 345 g/mol. The zero-order valence-corrected chi connectivity index (χ0v) is 10.8. The van der Waals surface area contributed by atoms with Crippen LogP contribution < -0.4 is 10.1 Å². The van der Waals surface area contributed by atoms with E-state index in [2.05, 4.69) is 56.8 Å². The lowest BCUT2D eigenvalue weighted by Gasteiger charge is -2.25. The van der Waals surface area contributed by atoms with Gasteiger partial charge >= 0.3 is 0 Å². The first-order valence-corrected chi connectivity index (χ1v) is 5.92. The molecule has 0 amide bonds. The first-order chi connectivity index (χ1) is 6.16. The molecule has 2 rings (SSSR count). The maximum absolute atomic E-state index is 5.60. The SMILES string of the molecule is CC1COc2cc(Br)cc(I)c2N1. The van der Waals surface area contributed by atoms with Gasteiger partial charge in [-0.3, -0.25) is 0 Å². The second kappa shape index (κ2) is 3.65. The average molecular weight is 354 g/mol. The fourth-order valence-corrected chi connectivity index (χ4v) is 2.93. The fourth-order valence-electron chi connectivity index (χ4n) is 1.31. The van der Waals surface area contributed by atoms with E-state index in [1.807, 2.05) is 6.07 Å². The molecule has 4 heteroatoms. The van der Waals surface area contributed by atoms with Crippen LogP contribution in [0.2, 0.25) is 0 Å². The first-order valence-electron chi connectivity index (χ1n) is 4.05. The molecule has 0 aliphatic carbocycles. The van der Waals surface area contributed by atoms with E-state index in [0.29, 0.717) is 6.04 Å². The van der Waals surface area contributed by atoms with Crippen molar-refractivity contribution >= 4 is 44.2 Å². The van der Waals surface area contributed by atoms with Crippen LogP contribution >= 0.6 is 38.5 Å². The van der Waals surface area contributed by atoms with Gasteiger partial charge in [0, 0.05) is 8.04 Å². The summed E-state index contributed by atoms with van der Waals surface area (Å²) in [5, 5.41) is 3.40. The average Bonchev–Trinajstić information content (AvgIpc) is 2.06. The monoisotopic (exact) mass is 353 g/mol. The Morgan fingerprint density at radius 1 is 1.62 bits per heavy atom. The molecule has 1 aromatic rings. The number of halogens is 2. The number of rotatable bonds is 0. The van der Waals surface area contributed by atoms with Gasteiger partial charge in [0.2, 0.25) is 0 Å². The molecule has 0 radical (unpaired) electrons. The molecule has 1 N–H and O–H groups in total. The van der Waals surface area contributed by atoms with Gasteiger partial charge in [0.15, 0.2) is 0 Å². The van der Waals surface area contributed by atoms with Gasteiger partial charge in [0.05, 0.1) is 11.7 Å². The van der Waals surface area contributed by atoms with Crippen molar-refractivity contribution in [3.63, 3.8) is 0 Å². The highest BCUT2D eigenvalue weighted by atomic mass is 127. The summed E-state index contributed by atoms with van der Waals surface area (Å²) in [5.41, 5.74) is 1.11. The third kappa shape index (κ3) is 1.93. The van der Waals surface area contributed by atoms with Crippen molar-refractivity contribution in [1.29, 1.82) is 0 Å². The zero-order valence-electron chi connectivity index (χ0n) is 7.10. The minimum absolute atomic E-state index is 0.391. The highest BCUT2D eigenvalue weighted by Gasteiger charge is 2.17. The summed E-state index contributed by atoms with van der Waals surface area (Å²) in [4.78, 5) is 0. The summed E-state index contributed by atoms with van der Waals surface area (Å²) in [6, 6.07) is 4.46. The Bertz CT molecular complexity index is 343. The van der Waals surface area contributed by atoms with Gasteiger partial charge in [0.1, 0.15) is 12.4 Å². The molecule has 0 spiro atoms. The van der Waals surface area contributed by atoms with Crippen molar-refractivity contribution < 1.29 is 4.74 Å². The lowest BCUT2D eigenvalue weighted by molar-refractivity contribution is 0.291. The third-order valence-corrected chi connectivity index (χ3v) is 3.21. The minimum atomic E-state index is 0.391. The van der Waals surface area contributed by atoms with Crippen LogP contribution in [0.15, 0.2) is 16.6 Å². The van der Waals surface area contributed by atoms with E-state index < -0.39 is 0 Å². The Morgan fingerprint density at radius 3 is 3.15 bits per heavy atom. The lowest BCUT2D eigenvalue weighted by Crippen LogP contribution is -2.28. The predicted octanol–water partition coefficient (Wildman–Crippen LogP) is 3.25. The normalized spacial score (nSPS) is 20.1. The van der Waals surface area contributed by atoms with Crippen LogP contribution in [0.3, 0.4) is 0 Å². The number of fused-ring (bicyclic) bond motifs is 1. The summed E-state index contributed by atoms with van der Waals surface area (Å²) in [7, 11) is 0. The van der Waals surface area contributed by atoms with Gasteiger partial charge in [0.25, 0.3) is 0 Å². The summed E-state index contributed by atoms with van der Waals surface area (Å²) in [6.45, 7) is 2.85. The lowest BCUT2D eigenvalue weighted by atomic mass is 10.2. The van der Waals surface area contributed by atoms with Crippen LogP contribution in [-0.2, 0) is 0 Å². The standard InChI is InChI=1S/C9H9BrINO/c1-5-4-13-8-3-6(10)2-7(11)9(8)12-5/h2-3,5,12H,4H2,1H3. The molecule has 1 aromatic carbocycles. The molecule has 1 aliphatic rings. The van der Waals surface area contributed by atoms with Crippen molar-refractivity contribution in [2.75, 3.05) is 11.9 Å². The Morgan fingerprint density at radius 2 is 2.38 bits per heavy atom. The van der Waals surface area contributed by atoms with E-state index in [-0.39, 0.29) is 0 Å². The van der Waals surface area contributed by atoms with E-state index in [9.17, 15) is 0 Å². The van der Waals surface area contributed by atoms with Crippen molar-refractivity contribution in [2.45, 2.75) is 13.0 Å². The van der Waals surface area contributed by atoms with E-state index >= 15 is 0 Å². The summed E-state index contributed by atoms with van der Waals surface area (Å²) >= 11 is 5.75. The number of hydrogen-bond acceptors (Lipinski definition) is 2. The number of benzene rings is 1. The summed E-state index contributed by atoms with van der Waals surface area (Å²) in [6.07, 6.45) is 0. The van der Waals surface area contributed by atoms with Gasteiger partial charge in [-0.05, 0) is 41.6 Å². The van der Waals surface area contributed by atoms with Crippen molar-refractivity contribution in [1.82, 2.24) is 0 Å². The largest absolute Gasteiger partial charge is 0.489 e. The molecule has 1 unspecified atom stereocenters. The molecule has 0 saturated carbocycles. The van der Waals surface area contributed by atoms with Gasteiger partial charge in [-0.15, -0.1) is 0 Å². The smallest absolute Gasteiger partial charge is 0.144 e. The first kappa shape index (κ1) is 9.58. The van der Waals surface area contributed by atoms with E-state index in [4.69, 9.17) is 4.74 Å². The zero-order chi connectivity index (χ0) is 9.42. The Hall–Kier alpha value is 0.0300. The van der Waals surface area contributed by atoms with Crippen molar-refractivity contribution in [3.05, 3.63) is 20.2 Å². The molecule has 0 bridgehead atoms. The summed E-state index contributed by atoms with van der Waals surface area (Å²) < 4.78 is 7.85. The highest BCUT2D eigenvalue weighted by Crippen LogP contribution is 2.36. The molecule has 13 heavy (non-hydrogen) atoms. The van der Waals surface area contributed by atoms with Crippen LogP contribution in [0.25, 0.3) is 0 Å². The van der Waals surface area contributed by atoms with Crippen molar-refractivity contribution in [3.8, 4) is 5.75 Å². The van der Waals surface area contributed by atoms with Gasteiger partial charge in [-0.2, -0.15) is 0 Å². The maximum atomic E-state index is 5.60. The van der Waals surface area contributed by atoms with Crippen LogP contribution in [0.1, 0.15) is 6.92 Å². The number of anilines is 1. The second-order valence-electron chi connectivity index (χ2n) is 3.12. The number of ether oxygens (including phenoxy) is 1. The molecular formula is C9H9BrINO. The molecule has 1 atom stereocenters. The number of nitrogens with one attached hydrogen (secondary N) is 1. The molecule has 1 heterocycles. The van der Waals surface area contributed by atoms with Crippen LogP contribution in [0.4, 0.5) is 5.69 Å². The second-order valence-corrected chi connectivity index (χ2v) is 5.20. The van der Waals surface area contributed by atoms with E-state index in [1.165, 1.54) is 3.57 Å². The quantitative estimate of drug-likeness (QED) is 0.723. The fraction of sp³-hybridized carbons (Fsp3) is 0.333. The van der Waals surface area contributed by atoms with Gasteiger partial charge in [-0.1, -0.05) is 15.9 Å². The summed E-state index contributed by atoms with van der Waals surface area (Å²) in [5.74, 6) is 0.942. The van der Waals surface area contributed by atoms with Gasteiger partial charge < -0.3 is 10.1 Å². The van der Waals surface area contributed by atoms with Crippen LogP contribution in [0, 0.1) is 3.57 Å². The maximum Gasteiger partial charge on any atom is 0.144 e. The van der Waals surface area contributed by atoms with E-state index in [0.717, 1.165) is 22.5 Å². The molecule has 0 fully saturated rings. The minimum Gasteiger partial charge on any atom is -0.489 e. The molecule has 70 valence electrons. The molecule has 0 saturated heterocycles. The predicted molar refractivity (Wildman–Crippen MR) is 65.4 cm³/mol. The van der Waals surface area contributed by atoms with E-state index in [1.54, 1.807) is 0 Å². The highest BCUT2D eigenvalue weighted by molar-refractivity contribution is 14.1. The topological polar surface area (TPSA) is 21.3 Å². The van der Waals surface area contributed by atoms with Crippen LogP contribution in [-0.4, -0.2) is 12.6 Å². The molecule has 1 aliphatic heterocycles. The Labute approximate surface area is 99.3 Å². The molecule has 0 aromatic heterocycles. The Kier molecular flexibility index (Phi) is 2.69. The van der Waals surface area contributed by atoms with Gasteiger partial charge in [-0.25, -0.2) is 0 Å². The van der Waals surface area contributed by atoms with Crippen molar-refractivity contribution in [2.24, 2.45) is 0 Å². The Balaban J connectivity index is 2.47. The third-order valence-electron chi connectivity index (χ3n) is 1.90. The molecule has 2 nitrogen and oxygen atoms in total. The van der Waals surface area contributed by atoms with Crippen LogP contribution in [0.5, 0.6) is 5.75 Å². The number of hydrogen-bond donors (Lipinski definition) is 1.